The summed E-state index contributed by atoms with van der Waals surface area (Å²) in [6.07, 6.45) is 0.667. The molecule has 0 bridgehead atoms. The van der Waals surface area contributed by atoms with Crippen molar-refractivity contribution in [1.82, 2.24) is 4.31 Å². The molecule has 3 aromatic carbocycles. The van der Waals surface area contributed by atoms with Crippen LogP contribution in [0.15, 0.2) is 89.8 Å². The number of aryl methyl sites for hydroxylation is 1. The van der Waals surface area contributed by atoms with E-state index in [0.717, 1.165) is 16.7 Å². The highest BCUT2D eigenvalue weighted by Gasteiger charge is 2.50. The number of rotatable bonds is 6. The summed E-state index contributed by atoms with van der Waals surface area (Å²) in [5, 5.41) is 0. The van der Waals surface area contributed by atoms with E-state index in [-0.39, 0.29) is 6.04 Å². The van der Waals surface area contributed by atoms with E-state index in [1.165, 1.54) is 0 Å². The van der Waals surface area contributed by atoms with Gasteiger partial charge in [0.15, 0.2) is 0 Å². The number of nitrogens with zero attached hydrogens (tertiary/aromatic N) is 1. The Hall–Kier alpha value is -2.47. The first-order chi connectivity index (χ1) is 14.5. The van der Waals surface area contributed by atoms with E-state index in [4.69, 9.17) is 4.74 Å². The van der Waals surface area contributed by atoms with Gasteiger partial charge in [0.2, 0.25) is 10.0 Å². The molecule has 1 aliphatic heterocycles. The van der Waals surface area contributed by atoms with Gasteiger partial charge >= 0.3 is 0 Å². The fraction of sp³-hybridized carbons (Fsp3) is 0.280. The standard InChI is InChI=1S/C25H27NO3S/c1-20-13-15-24(16-14-20)30(27,28)26-19-25(17-23(26)18-29-2,21-9-5-3-6-10-21)22-11-7-4-8-12-22/h3-16,23H,17-19H2,1-2H3. The SMILES string of the molecule is COCC1CC(c2ccccc2)(c2ccccc2)CN1S(=O)(=O)c1ccc(C)cc1. The van der Waals surface area contributed by atoms with Crippen molar-refractivity contribution >= 4 is 10.0 Å². The van der Waals surface area contributed by atoms with E-state index in [0.29, 0.717) is 24.5 Å². The van der Waals surface area contributed by atoms with Gasteiger partial charge in [-0.1, -0.05) is 78.4 Å². The summed E-state index contributed by atoms with van der Waals surface area (Å²) in [7, 11) is -2.03. The second kappa shape index (κ2) is 8.34. The number of ether oxygens (including phenoxy) is 1. The molecule has 0 aliphatic carbocycles. The summed E-state index contributed by atoms with van der Waals surface area (Å²) in [5.74, 6) is 0. The zero-order valence-electron chi connectivity index (χ0n) is 17.4. The minimum atomic E-state index is -3.66. The molecular formula is C25H27NO3S. The maximum absolute atomic E-state index is 13.7. The Morgan fingerprint density at radius 2 is 1.43 bits per heavy atom. The van der Waals surface area contributed by atoms with Crippen LogP contribution < -0.4 is 0 Å². The summed E-state index contributed by atoms with van der Waals surface area (Å²) in [5.41, 5.74) is 2.85. The smallest absolute Gasteiger partial charge is 0.243 e. The van der Waals surface area contributed by atoms with Crippen molar-refractivity contribution in [3.63, 3.8) is 0 Å². The van der Waals surface area contributed by atoms with E-state index in [1.807, 2.05) is 55.5 Å². The third-order valence-electron chi connectivity index (χ3n) is 6.06. The molecule has 1 atom stereocenters. The first kappa shape index (κ1) is 20.8. The topological polar surface area (TPSA) is 46.6 Å². The van der Waals surface area contributed by atoms with Gasteiger partial charge in [-0.05, 0) is 36.6 Å². The molecule has 0 aromatic heterocycles. The van der Waals surface area contributed by atoms with Crippen LogP contribution in [0.3, 0.4) is 0 Å². The molecule has 1 saturated heterocycles. The van der Waals surface area contributed by atoms with Crippen LogP contribution in [-0.2, 0) is 20.2 Å². The van der Waals surface area contributed by atoms with Crippen molar-refractivity contribution in [3.05, 3.63) is 102 Å². The fourth-order valence-corrected chi connectivity index (χ4v) is 6.19. The maximum atomic E-state index is 13.7. The minimum Gasteiger partial charge on any atom is -0.383 e. The second-order valence-corrected chi connectivity index (χ2v) is 9.88. The molecule has 1 aliphatic rings. The third-order valence-corrected chi connectivity index (χ3v) is 7.97. The monoisotopic (exact) mass is 421 g/mol. The van der Waals surface area contributed by atoms with E-state index in [9.17, 15) is 8.42 Å². The number of sulfonamides is 1. The van der Waals surface area contributed by atoms with Crippen molar-refractivity contribution in [2.45, 2.75) is 29.7 Å². The number of benzene rings is 3. The molecule has 30 heavy (non-hydrogen) atoms. The first-order valence-electron chi connectivity index (χ1n) is 10.2. The highest BCUT2D eigenvalue weighted by molar-refractivity contribution is 7.89. The molecule has 3 aromatic rings. The first-order valence-corrected chi connectivity index (χ1v) is 11.6. The quantitative estimate of drug-likeness (QED) is 0.593. The largest absolute Gasteiger partial charge is 0.383 e. The van der Waals surface area contributed by atoms with Gasteiger partial charge in [0.1, 0.15) is 0 Å². The van der Waals surface area contributed by atoms with Gasteiger partial charge < -0.3 is 4.74 Å². The molecule has 0 spiro atoms. The van der Waals surface area contributed by atoms with Crippen LogP contribution in [0.25, 0.3) is 0 Å². The molecule has 0 radical (unpaired) electrons. The zero-order chi connectivity index (χ0) is 21.2. The van der Waals surface area contributed by atoms with Crippen molar-refractivity contribution in [2.24, 2.45) is 0 Å². The maximum Gasteiger partial charge on any atom is 0.243 e. The van der Waals surface area contributed by atoms with Gasteiger partial charge in [0.05, 0.1) is 11.5 Å². The lowest BCUT2D eigenvalue weighted by molar-refractivity contribution is 0.148. The molecule has 1 unspecified atom stereocenters. The molecule has 0 N–H and O–H groups in total. The number of methoxy groups -OCH3 is 1. The normalized spacial score (nSPS) is 19.1. The third kappa shape index (κ3) is 3.69. The lowest BCUT2D eigenvalue weighted by atomic mass is 9.73. The average Bonchev–Trinajstić information content (AvgIpc) is 3.17. The van der Waals surface area contributed by atoms with Crippen LogP contribution in [0.5, 0.6) is 0 Å². The van der Waals surface area contributed by atoms with Gasteiger partial charge in [0, 0.05) is 25.1 Å². The van der Waals surface area contributed by atoms with E-state index >= 15 is 0 Å². The van der Waals surface area contributed by atoms with Crippen LogP contribution >= 0.6 is 0 Å². The van der Waals surface area contributed by atoms with E-state index in [1.54, 1.807) is 23.5 Å². The molecule has 1 fully saturated rings. The van der Waals surface area contributed by atoms with Crippen molar-refractivity contribution in [3.8, 4) is 0 Å². The summed E-state index contributed by atoms with van der Waals surface area (Å²) in [6, 6.07) is 27.3. The van der Waals surface area contributed by atoms with Gasteiger partial charge in [-0.2, -0.15) is 4.31 Å². The van der Waals surface area contributed by atoms with Gasteiger partial charge in [0.25, 0.3) is 0 Å². The summed E-state index contributed by atoms with van der Waals surface area (Å²) in [6.45, 7) is 2.69. The Bertz CT molecular complexity index is 1040. The Balaban J connectivity index is 1.84. The van der Waals surface area contributed by atoms with Crippen molar-refractivity contribution in [1.29, 1.82) is 0 Å². The molecule has 0 amide bonds. The second-order valence-electron chi connectivity index (χ2n) is 7.99. The summed E-state index contributed by atoms with van der Waals surface area (Å²) >= 11 is 0. The molecule has 4 nitrogen and oxygen atoms in total. The number of hydrogen-bond donors (Lipinski definition) is 0. The van der Waals surface area contributed by atoms with Crippen molar-refractivity contribution < 1.29 is 13.2 Å². The molecule has 0 saturated carbocycles. The van der Waals surface area contributed by atoms with E-state index < -0.39 is 15.4 Å². The molecule has 4 rings (SSSR count). The highest BCUT2D eigenvalue weighted by atomic mass is 32.2. The lowest BCUT2D eigenvalue weighted by Gasteiger charge is -2.30. The van der Waals surface area contributed by atoms with Crippen LogP contribution in [-0.4, -0.2) is 39.0 Å². The minimum absolute atomic E-state index is 0.248. The predicted molar refractivity (Wildman–Crippen MR) is 119 cm³/mol. The fourth-order valence-electron chi connectivity index (χ4n) is 4.52. The highest BCUT2D eigenvalue weighted by Crippen LogP contribution is 2.45. The van der Waals surface area contributed by atoms with Crippen LogP contribution in [0.2, 0.25) is 0 Å². The average molecular weight is 422 g/mol. The summed E-state index contributed by atoms with van der Waals surface area (Å²) < 4.78 is 34.4. The molecule has 1 heterocycles. The molecule has 156 valence electrons. The predicted octanol–water partition coefficient (Wildman–Crippen LogP) is 4.39. The Morgan fingerprint density at radius 1 is 0.900 bits per heavy atom. The molecule has 5 heteroatoms. The Morgan fingerprint density at radius 3 is 1.93 bits per heavy atom. The van der Waals surface area contributed by atoms with Gasteiger partial charge in [-0.15, -0.1) is 0 Å². The van der Waals surface area contributed by atoms with Crippen molar-refractivity contribution in [2.75, 3.05) is 20.3 Å². The number of hydrogen-bond acceptors (Lipinski definition) is 3. The van der Waals surface area contributed by atoms with Crippen LogP contribution in [0.4, 0.5) is 0 Å². The van der Waals surface area contributed by atoms with Crippen LogP contribution in [0.1, 0.15) is 23.1 Å². The molecular weight excluding hydrogens is 394 g/mol. The zero-order valence-corrected chi connectivity index (χ0v) is 18.2. The lowest BCUT2D eigenvalue weighted by Crippen LogP contribution is -2.39. The van der Waals surface area contributed by atoms with Gasteiger partial charge in [-0.25, -0.2) is 8.42 Å². The summed E-state index contributed by atoms with van der Waals surface area (Å²) in [4.78, 5) is 0.325. The van der Waals surface area contributed by atoms with Gasteiger partial charge in [-0.3, -0.25) is 0 Å². The van der Waals surface area contributed by atoms with E-state index in [2.05, 4.69) is 24.3 Å². The Labute approximate surface area is 179 Å². The Kier molecular flexibility index (Phi) is 5.78. The van der Waals surface area contributed by atoms with Crippen LogP contribution in [0, 0.1) is 6.92 Å².